The first-order valence-corrected chi connectivity index (χ1v) is 11.5. The Morgan fingerprint density at radius 2 is 1.27 bits per heavy atom. The van der Waals surface area contributed by atoms with Crippen LogP contribution in [0.15, 0.2) is 91.0 Å². The number of hydrogen-bond acceptors (Lipinski definition) is 4. The molecule has 1 fully saturated rings. The lowest BCUT2D eigenvalue weighted by atomic mass is 9.79. The van der Waals surface area contributed by atoms with Gasteiger partial charge in [0, 0.05) is 31.8 Å². The maximum Gasteiger partial charge on any atom is 0.198 e. The maximum absolute atomic E-state index is 12.1. The van der Waals surface area contributed by atoms with Crippen LogP contribution >= 0.6 is 0 Å². The van der Waals surface area contributed by atoms with Crippen LogP contribution in [0.3, 0.4) is 0 Å². The fraction of sp³-hybridized carbons (Fsp3) is 0.345. The van der Waals surface area contributed by atoms with Crippen LogP contribution in [0.1, 0.15) is 53.6 Å². The van der Waals surface area contributed by atoms with Crippen LogP contribution in [0.4, 0.5) is 0 Å². The summed E-state index contributed by atoms with van der Waals surface area (Å²) in [7, 11) is 3.36. The SMILES string of the molecule is COC(Cc1ccccc1)(OC)c1ccccc1.O=C(c1ccccc1)C1(O)CCCCC1. The average Bonchev–Trinajstić information content (AvgIpc) is 2.89. The molecule has 1 N–H and O–H groups in total. The third-order valence-corrected chi connectivity index (χ3v) is 6.29. The molecule has 1 saturated carbocycles. The van der Waals surface area contributed by atoms with Gasteiger partial charge in [0.15, 0.2) is 11.6 Å². The fourth-order valence-electron chi connectivity index (χ4n) is 4.34. The Bertz CT molecular complexity index is 960. The van der Waals surface area contributed by atoms with Gasteiger partial charge in [-0.15, -0.1) is 0 Å². The number of aliphatic hydroxyl groups is 1. The monoisotopic (exact) mass is 446 g/mol. The summed E-state index contributed by atoms with van der Waals surface area (Å²) in [6, 6.07) is 29.3. The molecule has 0 saturated heterocycles. The molecular formula is C29H34O4. The Morgan fingerprint density at radius 3 is 1.79 bits per heavy atom. The molecule has 174 valence electrons. The van der Waals surface area contributed by atoms with E-state index in [1.807, 2.05) is 66.7 Å². The zero-order valence-electron chi connectivity index (χ0n) is 19.6. The minimum Gasteiger partial charge on any atom is -0.382 e. The number of ketones is 1. The number of methoxy groups -OCH3 is 2. The molecule has 0 unspecified atom stereocenters. The van der Waals surface area contributed by atoms with Gasteiger partial charge < -0.3 is 14.6 Å². The highest BCUT2D eigenvalue weighted by atomic mass is 16.7. The number of rotatable bonds is 7. The normalized spacial score (nSPS) is 15.2. The summed E-state index contributed by atoms with van der Waals surface area (Å²) >= 11 is 0. The van der Waals surface area contributed by atoms with E-state index in [1.165, 1.54) is 5.56 Å². The number of carbonyl (C=O) groups excluding carboxylic acids is 1. The van der Waals surface area contributed by atoms with Crippen molar-refractivity contribution in [1.82, 2.24) is 0 Å². The topological polar surface area (TPSA) is 55.8 Å². The smallest absolute Gasteiger partial charge is 0.198 e. The first-order valence-electron chi connectivity index (χ1n) is 11.5. The van der Waals surface area contributed by atoms with Gasteiger partial charge in [-0.2, -0.15) is 0 Å². The summed E-state index contributed by atoms with van der Waals surface area (Å²) in [5.74, 6) is -0.828. The van der Waals surface area contributed by atoms with E-state index in [4.69, 9.17) is 9.47 Å². The molecule has 0 amide bonds. The molecule has 1 aliphatic rings. The molecule has 0 aliphatic heterocycles. The van der Waals surface area contributed by atoms with Crippen molar-refractivity contribution in [2.24, 2.45) is 0 Å². The van der Waals surface area contributed by atoms with E-state index in [2.05, 4.69) is 12.1 Å². The van der Waals surface area contributed by atoms with Gasteiger partial charge in [-0.3, -0.25) is 4.79 Å². The molecule has 0 spiro atoms. The van der Waals surface area contributed by atoms with Crippen LogP contribution in [0.25, 0.3) is 0 Å². The Labute approximate surface area is 197 Å². The van der Waals surface area contributed by atoms with Crippen molar-refractivity contribution < 1.29 is 19.4 Å². The van der Waals surface area contributed by atoms with Crippen LogP contribution < -0.4 is 0 Å². The van der Waals surface area contributed by atoms with E-state index in [0.717, 1.165) is 24.8 Å². The molecule has 0 radical (unpaired) electrons. The second-order valence-electron chi connectivity index (χ2n) is 8.48. The summed E-state index contributed by atoms with van der Waals surface area (Å²) in [5, 5.41) is 10.2. The van der Waals surface area contributed by atoms with Crippen LogP contribution in [0, 0.1) is 0 Å². The number of ether oxygens (including phenoxy) is 2. The molecule has 4 rings (SSSR count). The summed E-state index contributed by atoms with van der Waals surface area (Å²) < 4.78 is 11.3. The van der Waals surface area contributed by atoms with Crippen molar-refractivity contribution in [3.8, 4) is 0 Å². The zero-order chi connectivity index (χ0) is 23.6. The summed E-state index contributed by atoms with van der Waals surface area (Å²) in [4.78, 5) is 12.1. The average molecular weight is 447 g/mol. The van der Waals surface area contributed by atoms with Crippen molar-refractivity contribution >= 4 is 5.78 Å². The quantitative estimate of drug-likeness (QED) is 0.360. The van der Waals surface area contributed by atoms with Gasteiger partial charge in [-0.1, -0.05) is 110 Å². The molecular weight excluding hydrogens is 412 g/mol. The van der Waals surface area contributed by atoms with E-state index < -0.39 is 11.4 Å². The highest BCUT2D eigenvalue weighted by Gasteiger charge is 2.37. The molecule has 33 heavy (non-hydrogen) atoms. The zero-order valence-corrected chi connectivity index (χ0v) is 19.6. The molecule has 3 aromatic carbocycles. The van der Waals surface area contributed by atoms with Gasteiger partial charge in [0.25, 0.3) is 0 Å². The van der Waals surface area contributed by atoms with Crippen molar-refractivity contribution in [2.45, 2.75) is 49.9 Å². The molecule has 4 nitrogen and oxygen atoms in total. The Balaban J connectivity index is 0.000000189. The first kappa shape index (κ1) is 24.8. The van der Waals surface area contributed by atoms with Gasteiger partial charge in [0.2, 0.25) is 0 Å². The van der Waals surface area contributed by atoms with Crippen LogP contribution in [0.2, 0.25) is 0 Å². The molecule has 4 heteroatoms. The lowest BCUT2D eigenvalue weighted by Crippen LogP contribution is -2.40. The van der Waals surface area contributed by atoms with Gasteiger partial charge >= 0.3 is 0 Å². The third-order valence-electron chi connectivity index (χ3n) is 6.29. The van der Waals surface area contributed by atoms with Gasteiger partial charge in [0.1, 0.15) is 5.60 Å². The highest BCUT2D eigenvalue weighted by Crippen LogP contribution is 2.31. The van der Waals surface area contributed by atoms with Gasteiger partial charge in [0.05, 0.1) is 0 Å². The lowest BCUT2D eigenvalue weighted by Gasteiger charge is -2.31. The molecule has 3 aromatic rings. The summed E-state index contributed by atoms with van der Waals surface area (Å²) in [6.07, 6.45) is 4.95. The molecule has 1 aliphatic carbocycles. The predicted molar refractivity (Wildman–Crippen MR) is 131 cm³/mol. The second kappa shape index (κ2) is 11.9. The maximum atomic E-state index is 12.1. The Hall–Kier alpha value is -2.79. The first-order chi connectivity index (χ1) is 16.0. The van der Waals surface area contributed by atoms with E-state index >= 15 is 0 Å². The molecule has 0 heterocycles. The van der Waals surface area contributed by atoms with Crippen molar-refractivity contribution in [1.29, 1.82) is 0 Å². The highest BCUT2D eigenvalue weighted by molar-refractivity contribution is 6.02. The van der Waals surface area contributed by atoms with Crippen LogP contribution in [-0.4, -0.2) is 30.7 Å². The Morgan fingerprint density at radius 1 is 0.788 bits per heavy atom. The summed E-state index contributed by atoms with van der Waals surface area (Å²) in [5.41, 5.74) is 1.74. The number of hydrogen-bond donors (Lipinski definition) is 1. The van der Waals surface area contributed by atoms with E-state index in [1.54, 1.807) is 26.4 Å². The van der Waals surface area contributed by atoms with Gasteiger partial charge in [-0.25, -0.2) is 0 Å². The number of Topliss-reactive ketones (excluding diaryl/α,β-unsaturated/α-hetero) is 1. The van der Waals surface area contributed by atoms with Crippen LogP contribution in [0.5, 0.6) is 0 Å². The molecule has 0 aromatic heterocycles. The largest absolute Gasteiger partial charge is 0.382 e. The lowest BCUT2D eigenvalue weighted by molar-refractivity contribution is -0.215. The molecule has 0 atom stereocenters. The van der Waals surface area contributed by atoms with Crippen molar-refractivity contribution in [3.05, 3.63) is 108 Å². The predicted octanol–water partition coefficient (Wildman–Crippen LogP) is 5.94. The Kier molecular flexibility index (Phi) is 8.95. The van der Waals surface area contributed by atoms with Gasteiger partial charge in [-0.05, 0) is 18.4 Å². The molecule has 0 bridgehead atoms. The third kappa shape index (κ3) is 6.38. The number of carbonyl (C=O) groups is 1. The van der Waals surface area contributed by atoms with E-state index in [0.29, 0.717) is 24.8 Å². The summed E-state index contributed by atoms with van der Waals surface area (Å²) in [6.45, 7) is 0. The van der Waals surface area contributed by atoms with Crippen molar-refractivity contribution in [3.63, 3.8) is 0 Å². The van der Waals surface area contributed by atoms with E-state index in [9.17, 15) is 9.90 Å². The minimum absolute atomic E-state index is 0.109. The minimum atomic E-state index is -1.10. The second-order valence-corrected chi connectivity index (χ2v) is 8.48. The fourth-order valence-corrected chi connectivity index (χ4v) is 4.34. The van der Waals surface area contributed by atoms with E-state index in [-0.39, 0.29) is 5.78 Å². The van der Waals surface area contributed by atoms with Crippen molar-refractivity contribution in [2.75, 3.05) is 14.2 Å². The standard InChI is InChI=1S/C16H18O2.C13H16O2/c1-17-16(18-2,15-11-7-4-8-12-15)13-14-9-5-3-6-10-14;14-12(11-7-3-1-4-8-11)13(15)9-5-2-6-10-13/h3-12H,13H2,1-2H3;1,3-4,7-8,15H,2,5-6,9-10H2. The van der Waals surface area contributed by atoms with Crippen LogP contribution in [-0.2, 0) is 21.7 Å². The number of benzene rings is 3.